The van der Waals surface area contributed by atoms with E-state index in [4.69, 9.17) is 18.9 Å². The zero-order chi connectivity index (χ0) is 23.8. The quantitative estimate of drug-likeness (QED) is 0.592. The van der Waals surface area contributed by atoms with Gasteiger partial charge >= 0.3 is 0 Å². The first kappa shape index (κ1) is 21.8. The predicted molar refractivity (Wildman–Crippen MR) is 125 cm³/mol. The lowest BCUT2D eigenvalue weighted by atomic mass is 9.78. The summed E-state index contributed by atoms with van der Waals surface area (Å²) in [6.07, 6.45) is 2.53. The molecule has 34 heavy (non-hydrogen) atoms. The summed E-state index contributed by atoms with van der Waals surface area (Å²) in [5, 5.41) is 7.76. The molecule has 1 aliphatic heterocycles. The molecule has 2 aliphatic rings. The van der Waals surface area contributed by atoms with E-state index in [9.17, 15) is 4.79 Å². The van der Waals surface area contributed by atoms with Gasteiger partial charge in [0.2, 0.25) is 5.95 Å². The monoisotopic (exact) mass is 462 g/mol. The Labute approximate surface area is 197 Å². The van der Waals surface area contributed by atoms with Crippen LogP contribution in [-0.4, -0.2) is 49.0 Å². The number of methoxy groups -OCH3 is 4. The minimum atomic E-state index is -0.410. The Morgan fingerprint density at radius 3 is 2.12 bits per heavy atom. The van der Waals surface area contributed by atoms with E-state index >= 15 is 0 Å². The number of fused-ring (bicyclic) bond motifs is 1. The van der Waals surface area contributed by atoms with Gasteiger partial charge in [-0.1, -0.05) is 12.1 Å². The van der Waals surface area contributed by atoms with Crippen molar-refractivity contribution in [2.24, 2.45) is 0 Å². The fraction of sp³-hybridized carbons (Fsp3) is 0.320. The van der Waals surface area contributed by atoms with Crippen molar-refractivity contribution in [3.63, 3.8) is 0 Å². The Morgan fingerprint density at radius 2 is 1.47 bits per heavy atom. The number of hydrogen-bond donors (Lipinski definition) is 1. The zero-order valence-corrected chi connectivity index (χ0v) is 19.5. The minimum Gasteiger partial charge on any atom is -0.493 e. The molecule has 2 aromatic carbocycles. The van der Waals surface area contributed by atoms with Crippen molar-refractivity contribution < 1.29 is 23.7 Å². The number of benzene rings is 2. The van der Waals surface area contributed by atoms with Crippen LogP contribution in [0.5, 0.6) is 23.0 Å². The third-order valence-corrected chi connectivity index (χ3v) is 6.46. The fourth-order valence-corrected chi connectivity index (χ4v) is 4.83. The molecule has 1 aromatic heterocycles. The summed E-state index contributed by atoms with van der Waals surface area (Å²) in [6.45, 7) is 0. The van der Waals surface area contributed by atoms with E-state index in [-0.39, 0.29) is 11.7 Å². The number of nitrogens with zero attached hydrogens (tertiary/aromatic N) is 3. The summed E-state index contributed by atoms with van der Waals surface area (Å²) in [4.78, 5) is 18.0. The molecule has 1 aliphatic carbocycles. The number of nitrogens with one attached hydrogen (secondary N) is 1. The van der Waals surface area contributed by atoms with Crippen LogP contribution in [-0.2, 0) is 4.79 Å². The van der Waals surface area contributed by atoms with Gasteiger partial charge in [0.1, 0.15) is 12.4 Å². The highest BCUT2D eigenvalue weighted by Crippen LogP contribution is 2.45. The molecule has 0 spiro atoms. The van der Waals surface area contributed by atoms with Gasteiger partial charge in [0.25, 0.3) is 0 Å². The molecule has 0 saturated heterocycles. The SMILES string of the molecule is COc1ccc([C@@H]2CC(=O)C3=C(C2)Nc2ncnn2[C@H]3c2ccc(OC)c(OC)c2)cc1OC. The van der Waals surface area contributed by atoms with E-state index in [1.165, 1.54) is 6.33 Å². The maximum Gasteiger partial charge on any atom is 0.226 e. The molecule has 2 atom stereocenters. The van der Waals surface area contributed by atoms with Gasteiger partial charge in [-0.05, 0) is 47.7 Å². The minimum absolute atomic E-state index is 0.000851. The highest BCUT2D eigenvalue weighted by atomic mass is 16.5. The average molecular weight is 463 g/mol. The van der Waals surface area contributed by atoms with E-state index in [0.717, 1.165) is 16.8 Å². The Bertz CT molecular complexity index is 1280. The molecular weight excluding hydrogens is 436 g/mol. The molecule has 0 amide bonds. The van der Waals surface area contributed by atoms with Crippen molar-refractivity contribution in [1.82, 2.24) is 14.8 Å². The second kappa shape index (κ2) is 8.74. The average Bonchev–Trinajstić information content (AvgIpc) is 3.34. The number of carbonyl (C=O) groups excluding carboxylic acids is 1. The van der Waals surface area contributed by atoms with Crippen LogP contribution in [0.25, 0.3) is 0 Å². The van der Waals surface area contributed by atoms with Gasteiger partial charge in [-0.25, -0.2) is 4.68 Å². The lowest BCUT2D eigenvalue weighted by molar-refractivity contribution is -0.116. The molecule has 0 bridgehead atoms. The van der Waals surface area contributed by atoms with E-state index in [0.29, 0.717) is 47.4 Å². The predicted octanol–water partition coefficient (Wildman–Crippen LogP) is 3.73. The van der Waals surface area contributed by atoms with E-state index < -0.39 is 6.04 Å². The first-order chi connectivity index (χ1) is 16.6. The Morgan fingerprint density at radius 1 is 0.853 bits per heavy atom. The number of anilines is 1. The van der Waals surface area contributed by atoms with Crippen molar-refractivity contribution in [2.75, 3.05) is 33.8 Å². The van der Waals surface area contributed by atoms with Crippen molar-refractivity contribution in [1.29, 1.82) is 0 Å². The van der Waals surface area contributed by atoms with E-state index in [1.807, 2.05) is 36.4 Å². The largest absolute Gasteiger partial charge is 0.493 e. The van der Waals surface area contributed by atoms with Gasteiger partial charge in [-0.15, -0.1) is 0 Å². The number of allylic oxidation sites excluding steroid dienone is 2. The third kappa shape index (κ3) is 3.53. The van der Waals surface area contributed by atoms with Crippen LogP contribution >= 0.6 is 0 Å². The smallest absolute Gasteiger partial charge is 0.226 e. The number of rotatable bonds is 6. The molecule has 1 N–H and O–H groups in total. The first-order valence-corrected chi connectivity index (χ1v) is 10.9. The van der Waals surface area contributed by atoms with Crippen LogP contribution in [0.15, 0.2) is 54.0 Å². The zero-order valence-electron chi connectivity index (χ0n) is 19.5. The molecule has 0 fully saturated rings. The molecule has 9 nitrogen and oxygen atoms in total. The van der Waals surface area contributed by atoms with Crippen molar-refractivity contribution in [3.8, 4) is 23.0 Å². The topological polar surface area (TPSA) is 96.7 Å². The van der Waals surface area contributed by atoms with Gasteiger partial charge in [-0.3, -0.25) is 4.79 Å². The number of aromatic nitrogens is 3. The second-order valence-electron chi connectivity index (χ2n) is 8.21. The van der Waals surface area contributed by atoms with Gasteiger partial charge in [-0.2, -0.15) is 10.1 Å². The van der Waals surface area contributed by atoms with Crippen LogP contribution < -0.4 is 24.3 Å². The van der Waals surface area contributed by atoms with Crippen LogP contribution in [0.2, 0.25) is 0 Å². The van der Waals surface area contributed by atoms with E-state index in [1.54, 1.807) is 33.1 Å². The molecular formula is C25H26N4O5. The summed E-state index contributed by atoms with van der Waals surface area (Å²) >= 11 is 0. The summed E-state index contributed by atoms with van der Waals surface area (Å²) in [6, 6.07) is 11.1. The molecule has 0 unspecified atom stereocenters. The van der Waals surface area contributed by atoms with Gasteiger partial charge < -0.3 is 24.3 Å². The first-order valence-electron chi connectivity index (χ1n) is 10.9. The number of ether oxygens (including phenoxy) is 4. The third-order valence-electron chi connectivity index (χ3n) is 6.46. The second-order valence-corrected chi connectivity index (χ2v) is 8.21. The van der Waals surface area contributed by atoms with E-state index in [2.05, 4.69) is 15.4 Å². The highest BCUT2D eigenvalue weighted by Gasteiger charge is 2.39. The Balaban J connectivity index is 1.56. The molecule has 0 radical (unpaired) electrons. The summed E-state index contributed by atoms with van der Waals surface area (Å²) in [5.41, 5.74) is 3.45. The van der Waals surface area contributed by atoms with Crippen LogP contribution in [0.3, 0.4) is 0 Å². The molecule has 3 aromatic rings. The standard InChI is InChI=1S/C25H26N4O5/c1-31-19-7-5-14(11-21(19)33-3)16-9-17-23(18(30)10-16)24(29-25(28-17)26-13-27-29)15-6-8-20(32-2)22(12-15)34-4/h5-8,11-13,16,24H,9-10H2,1-4H3,(H,26,27,28)/t16-,24-/m0/s1. The Kier molecular flexibility index (Phi) is 5.61. The lowest BCUT2D eigenvalue weighted by Crippen LogP contribution is -2.33. The molecule has 2 heterocycles. The highest BCUT2D eigenvalue weighted by molar-refractivity contribution is 6.00. The lowest BCUT2D eigenvalue weighted by Gasteiger charge is -2.35. The number of carbonyl (C=O) groups is 1. The van der Waals surface area contributed by atoms with Crippen LogP contribution in [0, 0.1) is 0 Å². The molecule has 0 saturated carbocycles. The maximum atomic E-state index is 13.6. The Hall–Kier alpha value is -4.01. The molecule has 9 heteroatoms. The van der Waals surface area contributed by atoms with Gasteiger partial charge in [0.05, 0.1) is 28.4 Å². The van der Waals surface area contributed by atoms with Crippen molar-refractivity contribution >= 4 is 11.7 Å². The van der Waals surface area contributed by atoms with Gasteiger partial charge in [0, 0.05) is 17.7 Å². The van der Waals surface area contributed by atoms with Crippen molar-refractivity contribution in [2.45, 2.75) is 24.8 Å². The summed E-state index contributed by atoms with van der Waals surface area (Å²) in [7, 11) is 6.40. The van der Waals surface area contributed by atoms with Crippen LogP contribution in [0.4, 0.5) is 5.95 Å². The van der Waals surface area contributed by atoms with Crippen molar-refractivity contribution in [3.05, 3.63) is 65.1 Å². The number of ketones is 1. The molecule has 5 rings (SSSR count). The maximum absolute atomic E-state index is 13.6. The summed E-state index contributed by atoms with van der Waals surface area (Å²) < 4.78 is 23.5. The number of hydrogen-bond acceptors (Lipinski definition) is 8. The van der Waals surface area contributed by atoms with Crippen LogP contribution in [0.1, 0.15) is 35.9 Å². The normalized spacial score (nSPS) is 19.1. The fourth-order valence-electron chi connectivity index (χ4n) is 4.83. The summed E-state index contributed by atoms with van der Waals surface area (Å²) in [5.74, 6) is 3.18. The molecule has 176 valence electrons. The van der Waals surface area contributed by atoms with Gasteiger partial charge in [0.15, 0.2) is 28.8 Å². The number of Topliss-reactive ketones (excluding diaryl/α,β-unsaturated/α-hetero) is 1.